The van der Waals surface area contributed by atoms with Crippen LogP contribution in [0.5, 0.6) is 0 Å². The number of nitrogens with one attached hydrogen (secondary N) is 1. The number of nitrogens with zero attached hydrogens (tertiary/aromatic N) is 15. The number of amides is 2. The van der Waals surface area contributed by atoms with Gasteiger partial charge in [0.05, 0.1) is 33.5 Å². The number of carbonyl (C=O) groups excluding carboxylic acids is 2. The van der Waals surface area contributed by atoms with Crippen LogP contribution in [0.15, 0.2) is 74.1 Å². The summed E-state index contributed by atoms with van der Waals surface area (Å²) in [6, 6.07) is 11.9. The summed E-state index contributed by atoms with van der Waals surface area (Å²) in [5.74, 6) is 1.05. The molecule has 0 saturated carbocycles. The predicted octanol–water partition coefficient (Wildman–Crippen LogP) is 8.03. The Balaban J connectivity index is 0.000000216. The maximum atomic E-state index is 17.1. The van der Waals surface area contributed by atoms with E-state index >= 15 is 8.78 Å². The van der Waals surface area contributed by atoms with Crippen molar-refractivity contribution in [3.63, 3.8) is 0 Å². The Kier molecular flexibility index (Phi) is 22.0. The van der Waals surface area contributed by atoms with Gasteiger partial charge in [0.1, 0.15) is 22.7 Å². The van der Waals surface area contributed by atoms with Crippen LogP contribution in [0.1, 0.15) is 52.7 Å². The van der Waals surface area contributed by atoms with Crippen molar-refractivity contribution < 1.29 is 53.4 Å². The van der Waals surface area contributed by atoms with Gasteiger partial charge in [0.15, 0.2) is 11.6 Å². The molecule has 4 aliphatic heterocycles. The third kappa shape index (κ3) is 13.1. The molecule has 468 valence electrons. The second-order valence-corrected chi connectivity index (χ2v) is 26.1. The molecule has 4 saturated heterocycles. The second-order valence-electron chi connectivity index (χ2n) is 23.7. The Labute approximate surface area is 565 Å². The topological polar surface area (TPSA) is 188 Å². The van der Waals surface area contributed by atoms with Crippen LogP contribution < -0.4 is 49.2 Å². The molecular weight excluding hydrogens is 1300 g/mol. The van der Waals surface area contributed by atoms with Crippen LogP contribution >= 0.6 is 45.8 Å². The van der Waals surface area contributed by atoms with E-state index < -0.39 is 11.6 Å². The molecule has 2 amide bonds. The number of aromatic amines is 1. The van der Waals surface area contributed by atoms with Crippen molar-refractivity contribution >= 4 is 125 Å². The molecule has 4 aromatic heterocycles. The van der Waals surface area contributed by atoms with E-state index in [4.69, 9.17) is 43.1 Å². The van der Waals surface area contributed by atoms with Gasteiger partial charge in [0.25, 0.3) is 0 Å². The number of carbonyl (C=O) groups is 2. The summed E-state index contributed by atoms with van der Waals surface area (Å²) in [5, 5.41) is 15.2. The number of fused-ring (bicyclic) bond motifs is 4. The number of anilines is 4. The largest absolute Gasteiger partial charge is 1.00 e. The van der Waals surface area contributed by atoms with Gasteiger partial charge in [-0.3, -0.25) is 19.4 Å². The molecule has 0 radical (unpaired) electrons. The van der Waals surface area contributed by atoms with Crippen molar-refractivity contribution in [2.24, 2.45) is 0 Å². The summed E-state index contributed by atoms with van der Waals surface area (Å²) in [6.45, 7) is 29.1. The third-order valence-corrected chi connectivity index (χ3v) is 18.1. The van der Waals surface area contributed by atoms with E-state index in [9.17, 15) is 9.59 Å². The van der Waals surface area contributed by atoms with Crippen molar-refractivity contribution in [1.29, 1.82) is 0 Å². The molecule has 0 bridgehead atoms. The molecule has 0 aliphatic carbocycles. The normalized spacial score (nSPS) is 18.8. The number of benzene rings is 4. The summed E-state index contributed by atoms with van der Waals surface area (Å²) in [6.07, 6.45) is 6.22. The number of alkyl halides is 1. The van der Waals surface area contributed by atoms with E-state index in [0.717, 1.165) is 64.7 Å². The molecule has 4 atom stereocenters. The Morgan fingerprint density at radius 2 is 1.08 bits per heavy atom. The van der Waals surface area contributed by atoms with Gasteiger partial charge in [0.2, 0.25) is 23.7 Å². The standard InChI is InChI=1S/C32H38ClFN8O.C30H34ClFN8O.C2H5I.Na.H2O/c1-8-25(43)40-14-20(5)41(15-19(40)4)31-23-12-24(33)27(26-18(3)10-11-21-13-35-42(9-2)30(21)26)28(34)29(23)36-32(37-31)39-16-22(17-39)38(6)7;1-7-23(41)39-12-18(4)40(13-17(39)3)29-21-10-22(31)25(24-16(2)8-9-19-11-33-36-27(19)24)26(32)28(21)34-30(35-29)38-14-20(15-38)37(5)6;1-2-3;;/h8,10-13,19-20,22H,1,9,14-17H2,2-7H3;7-11,17-18,20H,1,12-15H2,2-6H3,(H,33,36);2H2,1H3;;1H2/q;;;+1;/p-1/t19-,20+;17-,18+;;;/m11.../s1. The molecule has 8 aromatic rings. The van der Waals surface area contributed by atoms with Gasteiger partial charge in [-0.1, -0.05) is 90.1 Å². The van der Waals surface area contributed by atoms with E-state index in [0.29, 0.717) is 101 Å². The van der Waals surface area contributed by atoms with Crippen LogP contribution in [0.4, 0.5) is 32.3 Å². The van der Waals surface area contributed by atoms with Crippen LogP contribution in [-0.2, 0) is 16.1 Å². The monoisotopic (exact) mass is 1380 g/mol. The maximum Gasteiger partial charge on any atom is 1.00 e. The Morgan fingerprint density at radius 1 is 0.652 bits per heavy atom. The summed E-state index contributed by atoms with van der Waals surface area (Å²) >= 11 is 16.2. The minimum Gasteiger partial charge on any atom is -0.870 e. The minimum atomic E-state index is -0.492. The van der Waals surface area contributed by atoms with Gasteiger partial charge in [-0.2, -0.15) is 20.2 Å². The van der Waals surface area contributed by atoms with Gasteiger partial charge in [-0.15, -0.1) is 0 Å². The number of aromatic nitrogens is 8. The number of rotatable bonds is 11. The summed E-state index contributed by atoms with van der Waals surface area (Å²) in [4.78, 5) is 61.2. The fraction of sp³-hybridized carbons (Fsp3) is 0.438. The smallest absolute Gasteiger partial charge is 0.870 e. The van der Waals surface area contributed by atoms with Crippen molar-refractivity contribution in [3.05, 3.63) is 107 Å². The summed E-state index contributed by atoms with van der Waals surface area (Å²) in [7, 11) is 8.21. The molecule has 12 rings (SSSR count). The first-order valence-electron chi connectivity index (χ1n) is 29.6. The van der Waals surface area contributed by atoms with Gasteiger partial charge in [0, 0.05) is 139 Å². The molecular formula is C64H78Cl2F2IN16NaO3. The fourth-order valence-electron chi connectivity index (χ4n) is 12.4. The Morgan fingerprint density at radius 3 is 1.51 bits per heavy atom. The SMILES string of the molecule is C=CC(=O)N1C[C@H](C)N(c2nc(N3CC(N(C)C)C3)nc3c(F)c(-c4c(C)ccc5cn[nH]c45)c(Cl)cc23)C[C@H]1C.C=CC(=O)N1C[C@H](C)N(c2nc(N3CC(N(C)C)C3)nc3c(F)c(-c4c(C)ccc5cnn(CC)c45)c(Cl)cc23)C[C@H]1C.CCI.[Na+].[OH-]. The second kappa shape index (κ2) is 28.4. The molecule has 4 aromatic carbocycles. The average molecular weight is 1380 g/mol. The Hall–Kier alpha value is -5.83. The molecule has 25 heteroatoms. The van der Waals surface area contributed by atoms with Crippen LogP contribution in [-0.4, -0.2) is 198 Å². The van der Waals surface area contributed by atoms with E-state index in [1.165, 1.54) is 16.6 Å². The van der Waals surface area contributed by atoms with Crippen molar-refractivity contribution in [1.82, 2.24) is 59.5 Å². The number of H-pyrrole nitrogens is 1. The maximum absolute atomic E-state index is 17.1. The van der Waals surface area contributed by atoms with E-state index in [-0.39, 0.29) is 87.1 Å². The van der Waals surface area contributed by atoms with Crippen LogP contribution in [0, 0.1) is 25.5 Å². The molecule has 89 heavy (non-hydrogen) atoms. The van der Waals surface area contributed by atoms with E-state index in [1.54, 1.807) is 24.5 Å². The van der Waals surface area contributed by atoms with Gasteiger partial charge < -0.3 is 44.7 Å². The number of likely N-dealkylation sites (N-methyl/N-ethyl adjacent to an activating group) is 2. The number of piperazine rings is 2. The zero-order valence-corrected chi connectivity index (χ0v) is 58.8. The van der Waals surface area contributed by atoms with Gasteiger partial charge >= 0.3 is 29.6 Å². The van der Waals surface area contributed by atoms with Gasteiger partial charge in [-0.25, -0.2) is 18.7 Å². The van der Waals surface area contributed by atoms with Crippen LogP contribution in [0.2, 0.25) is 10.0 Å². The van der Waals surface area contributed by atoms with Crippen molar-refractivity contribution in [2.45, 2.75) is 98.2 Å². The summed E-state index contributed by atoms with van der Waals surface area (Å²) in [5.41, 5.74) is 5.80. The van der Waals surface area contributed by atoms with Crippen LogP contribution in [0.25, 0.3) is 65.9 Å². The number of hydrogen-bond acceptors (Lipinski definition) is 15. The average Bonchev–Trinajstić information content (AvgIpc) is 1.69. The summed E-state index contributed by atoms with van der Waals surface area (Å²) < 4.78 is 37.0. The predicted molar refractivity (Wildman–Crippen MR) is 360 cm³/mol. The number of hydrogen-bond donors (Lipinski definition) is 1. The zero-order chi connectivity index (χ0) is 62.6. The molecule has 8 heterocycles. The number of aryl methyl sites for hydroxylation is 3. The van der Waals surface area contributed by atoms with Gasteiger partial charge in [-0.05, 0) is 116 Å². The molecule has 0 unspecified atom stereocenters. The van der Waals surface area contributed by atoms with Crippen molar-refractivity contribution in [2.75, 3.05) is 105 Å². The first-order chi connectivity index (χ1) is 41.5. The van der Waals surface area contributed by atoms with Crippen LogP contribution in [0.3, 0.4) is 0 Å². The third-order valence-electron chi connectivity index (χ3n) is 17.5. The van der Waals surface area contributed by atoms with Crippen molar-refractivity contribution in [3.8, 4) is 22.3 Å². The molecule has 0 spiro atoms. The fourth-order valence-corrected chi connectivity index (χ4v) is 12.9. The molecule has 4 fully saturated rings. The first kappa shape index (κ1) is 69.1. The van der Waals surface area contributed by atoms with E-state index in [2.05, 4.69) is 108 Å². The Bertz CT molecular complexity index is 3970. The first-order valence-corrected chi connectivity index (χ1v) is 31.9. The molecule has 19 nitrogen and oxygen atoms in total. The van der Waals surface area contributed by atoms with E-state index in [1.807, 2.05) is 94.4 Å². The quantitative estimate of drug-likeness (QED) is 0.0567. The number of halogens is 5. The minimum absolute atomic E-state index is 0. The zero-order valence-electron chi connectivity index (χ0n) is 53.1. The molecule has 4 aliphatic rings. The molecule has 2 N–H and O–H groups in total.